The van der Waals surface area contributed by atoms with Gasteiger partial charge in [-0.05, 0) is 52.5 Å². The molecule has 11 heteroatoms. The molecule has 2 aliphatic heterocycles. The van der Waals surface area contributed by atoms with Gasteiger partial charge in [0, 0.05) is 17.4 Å². The lowest BCUT2D eigenvalue weighted by Crippen LogP contribution is -2.36. The number of carbonyl (C=O) groups excluding carboxylic acids is 3. The van der Waals surface area contributed by atoms with E-state index < -0.39 is 11.9 Å². The molecular weight excluding hydrogens is 570 g/mol. The van der Waals surface area contributed by atoms with Crippen molar-refractivity contribution in [2.24, 2.45) is 0 Å². The maximum absolute atomic E-state index is 12.9. The zero-order valence-electron chi connectivity index (χ0n) is 20.6. The average molecular weight is 599 g/mol. The van der Waals surface area contributed by atoms with E-state index in [1.165, 1.54) is 6.08 Å². The van der Waals surface area contributed by atoms with Crippen molar-refractivity contribution in [2.45, 2.75) is 49.1 Å². The van der Waals surface area contributed by atoms with Crippen LogP contribution in [0.15, 0.2) is 58.7 Å². The van der Waals surface area contributed by atoms with E-state index in [0.717, 1.165) is 24.2 Å². The average Bonchev–Trinajstić information content (AvgIpc) is 3.47. The number of carbonyl (C=O) groups is 3. The number of ether oxygens (including phenoxy) is 1. The zero-order chi connectivity index (χ0) is 26.9. The van der Waals surface area contributed by atoms with E-state index in [0.29, 0.717) is 22.0 Å². The zero-order valence-corrected chi connectivity index (χ0v) is 23.0. The quantitative estimate of drug-likeness (QED) is 0.0893. The summed E-state index contributed by atoms with van der Waals surface area (Å²) in [4.78, 5) is 41.1. The third-order valence-electron chi connectivity index (χ3n) is 6.37. The third kappa shape index (κ3) is 7.58. The van der Waals surface area contributed by atoms with Crippen LogP contribution in [0.3, 0.4) is 0 Å². The smallest absolute Gasteiger partial charge is 0.315 e. The number of unbranched alkanes of at least 4 members (excludes halogenated alkanes) is 1. The van der Waals surface area contributed by atoms with E-state index >= 15 is 0 Å². The Morgan fingerprint density at radius 1 is 1.21 bits per heavy atom. The van der Waals surface area contributed by atoms with Crippen molar-refractivity contribution in [2.75, 3.05) is 12.4 Å². The van der Waals surface area contributed by atoms with Crippen molar-refractivity contribution in [1.29, 1.82) is 5.26 Å². The molecule has 1 aromatic heterocycles. The molecule has 2 aromatic rings. The van der Waals surface area contributed by atoms with E-state index in [1.54, 1.807) is 18.2 Å². The van der Waals surface area contributed by atoms with Gasteiger partial charge in [-0.15, -0.1) is 0 Å². The molecule has 2 saturated heterocycles. The van der Waals surface area contributed by atoms with Crippen molar-refractivity contribution < 1.29 is 19.1 Å². The van der Waals surface area contributed by atoms with Crippen LogP contribution in [-0.2, 0) is 14.3 Å². The fourth-order valence-corrected chi connectivity index (χ4v) is 6.35. The second kappa shape index (κ2) is 13.4. The second-order valence-corrected chi connectivity index (χ2v) is 11.1. The van der Waals surface area contributed by atoms with Crippen LogP contribution < -0.4 is 16.0 Å². The highest BCUT2D eigenvalue weighted by molar-refractivity contribution is 9.10. The number of amides is 3. The first-order chi connectivity index (χ1) is 18.4. The number of thioether (sulfide) groups is 1. The first kappa shape index (κ1) is 27.7. The number of aromatic nitrogens is 1. The van der Waals surface area contributed by atoms with Crippen LogP contribution in [0.25, 0.3) is 6.08 Å². The number of fused-ring (bicyclic) bond motifs is 1. The molecule has 9 nitrogen and oxygen atoms in total. The van der Waals surface area contributed by atoms with Crippen molar-refractivity contribution in [3.05, 3.63) is 70.0 Å². The maximum Gasteiger partial charge on any atom is 0.315 e. The molecule has 4 atom stereocenters. The number of nitrogens with zero attached hydrogens (tertiary/aromatic N) is 2. The number of halogens is 1. The summed E-state index contributed by atoms with van der Waals surface area (Å²) in [6.07, 6.45) is 4.12. The molecular formula is C27H28BrN5O4S. The van der Waals surface area contributed by atoms with Gasteiger partial charge in [0.2, 0.25) is 0 Å². The highest BCUT2D eigenvalue weighted by Crippen LogP contribution is 2.33. The standard InChI is InChI=1S/C27H28BrN5O4S/c28-23-11-6-9-19(30-23)13-18(14-29)26(35)31-20(17-7-2-1-3-8-17)15-37-24(34)12-5-4-10-22-25-21(16-38-22)32-27(36)33-25/h1-3,6-9,11,13,20-22,25H,4-5,10,12,15-16H2,(H,31,35)(H2,32,33,36)/b18-13-/t20-,21?,22+,25?/m0/s1. The van der Waals surface area contributed by atoms with Gasteiger partial charge in [0.05, 0.1) is 23.8 Å². The number of hydrogen-bond acceptors (Lipinski definition) is 7. The summed E-state index contributed by atoms with van der Waals surface area (Å²) < 4.78 is 6.10. The lowest BCUT2D eigenvalue weighted by molar-refractivity contribution is -0.145. The minimum atomic E-state index is -0.620. The number of pyridine rings is 1. The molecule has 198 valence electrons. The predicted octanol–water partition coefficient (Wildman–Crippen LogP) is 3.88. The number of nitriles is 1. The van der Waals surface area contributed by atoms with Gasteiger partial charge in [-0.3, -0.25) is 9.59 Å². The number of hydrogen-bond donors (Lipinski definition) is 3. The van der Waals surface area contributed by atoms with Crippen molar-refractivity contribution in [1.82, 2.24) is 20.9 Å². The van der Waals surface area contributed by atoms with Crippen molar-refractivity contribution in [3.8, 4) is 6.07 Å². The van der Waals surface area contributed by atoms with Crippen LogP contribution >= 0.6 is 27.7 Å². The van der Waals surface area contributed by atoms with Gasteiger partial charge in [-0.2, -0.15) is 17.0 Å². The Balaban J connectivity index is 1.28. The van der Waals surface area contributed by atoms with Crippen molar-refractivity contribution >= 4 is 51.7 Å². The first-order valence-electron chi connectivity index (χ1n) is 12.4. The highest BCUT2D eigenvalue weighted by atomic mass is 79.9. The van der Waals surface area contributed by atoms with Crippen molar-refractivity contribution in [3.63, 3.8) is 0 Å². The minimum Gasteiger partial charge on any atom is -0.463 e. The topological polar surface area (TPSA) is 133 Å². The third-order valence-corrected chi connectivity index (χ3v) is 8.32. The van der Waals surface area contributed by atoms with E-state index in [9.17, 15) is 19.6 Å². The van der Waals surface area contributed by atoms with E-state index in [-0.39, 0.29) is 42.7 Å². The molecule has 3 amide bonds. The predicted molar refractivity (Wildman–Crippen MR) is 148 cm³/mol. The summed E-state index contributed by atoms with van der Waals surface area (Å²) in [5.74, 6) is -0.0208. The molecule has 0 bridgehead atoms. The van der Waals surface area contributed by atoms with Crippen LogP contribution in [0.5, 0.6) is 0 Å². The summed E-state index contributed by atoms with van der Waals surface area (Å²) in [5.41, 5.74) is 1.11. The Kier molecular flexibility index (Phi) is 9.79. The Hall–Kier alpha value is -3.36. The summed E-state index contributed by atoms with van der Waals surface area (Å²) in [6, 6.07) is 15.9. The van der Waals surface area contributed by atoms with Gasteiger partial charge in [-0.1, -0.05) is 42.8 Å². The normalized spacial score (nSPS) is 21.0. The van der Waals surface area contributed by atoms with Crippen LogP contribution in [0.4, 0.5) is 4.79 Å². The van der Waals surface area contributed by atoms with Crippen LogP contribution in [0.2, 0.25) is 0 Å². The molecule has 0 radical (unpaired) electrons. The summed E-state index contributed by atoms with van der Waals surface area (Å²) >= 11 is 5.13. The summed E-state index contributed by atoms with van der Waals surface area (Å²) in [6.45, 7) is -0.0532. The van der Waals surface area contributed by atoms with Crippen LogP contribution in [0, 0.1) is 11.3 Å². The molecule has 2 unspecified atom stereocenters. The van der Waals surface area contributed by atoms with E-state index in [4.69, 9.17) is 4.74 Å². The Morgan fingerprint density at radius 3 is 2.79 bits per heavy atom. The van der Waals surface area contributed by atoms with E-state index in [2.05, 4.69) is 36.9 Å². The molecule has 3 heterocycles. The van der Waals surface area contributed by atoms with Gasteiger partial charge in [-0.25, -0.2) is 9.78 Å². The molecule has 4 rings (SSSR count). The summed E-state index contributed by atoms with van der Waals surface area (Å²) in [5, 5.41) is 18.6. The van der Waals surface area contributed by atoms with Gasteiger partial charge < -0.3 is 20.7 Å². The largest absolute Gasteiger partial charge is 0.463 e. The van der Waals surface area contributed by atoms with Gasteiger partial charge in [0.1, 0.15) is 22.9 Å². The van der Waals surface area contributed by atoms with Gasteiger partial charge in [0.25, 0.3) is 5.91 Å². The van der Waals surface area contributed by atoms with E-state index in [1.807, 2.05) is 48.2 Å². The molecule has 2 fully saturated rings. The molecule has 1 aromatic carbocycles. The fourth-order valence-electron chi connectivity index (χ4n) is 4.45. The number of esters is 1. The second-order valence-electron chi connectivity index (χ2n) is 9.04. The number of nitrogens with one attached hydrogen (secondary N) is 3. The van der Waals surface area contributed by atoms with Crippen LogP contribution in [-0.4, -0.2) is 52.6 Å². The SMILES string of the molecule is N#C/C(=C/c1cccc(Br)n1)C(=O)N[C@@H](COC(=O)CCCC[C@H]1SCC2NC(=O)NC21)c1ccccc1. The molecule has 38 heavy (non-hydrogen) atoms. The maximum atomic E-state index is 12.9. The molecule has 0 spiro atoms. The molecule has 2 aliphatic rings. The summed E-state index contributed by atoms with van der Waals surface area (Å²) in [7, 11) is 0. The van der Waals surface area contributed by atoms with Crippen LogP contribution in [0.1, 0.15) is 43.0 Å². The number of urea groups is 1. The Morgan fingerprint density at radius 2 is 2.03 bits per heavy atom. The van der Waals surface area contributed by atoms with Gasteiger partial charge in [0.15, 0.2) is 0 Å². The Labute approximate surface area is 233 Å². The fraction of sp³-hybridized carbons (Fsp3) is 0.370. The highest BCUT2D eigenvalue weighted by Gasteiger charge is 2.42. The lowest BCUT2D eigenvalue weighted by Gasteiger charge is -2.19. The number of rotatable bonds is 11. The minimum absolute atomic E-state index is 0.0532. The molecule has 3 N–H and O–H groups in total. The Bertz CT molecular complexity index is 1240. The molecule has 0 aliphatic carbocycles. The first-order valence-corrected chi connectivity index (χ1v) is 14.2. The lowest BCUT2D eigenvalue weighted by atomic mass is 10.0. The van der Waals surface area contributed by atoms with Gasteiger partial charge >= 0.3 is 12.0 Å². The molecule has 0 saturated carbocycles. The monoisotopic (exact) mass is 597 g/mol. The number of benzene rings is 1.